The molecule has 0 saturated carbocycles. The molecule has 6 nitrogen and oxygen atoms in total. The summed E-state index contributed by atoms with van der Waals surface area (Å²) >= 11 is 1.42. The summed E-state index contributed by atoms with van der Waals surface area (Å²) in [5.41, 5.74) is 0. The Morgan fingerprint density at radius 2 is 1.81 bits per heavy atom. The number of rotatable bonds is 5. The van der Waals surface area contributed by atoms with Gasteiger partial charge in [0.25, 0.3) is 5.91 Å². The minimum atomic E-state index is -0.352. The molecule has 0 radical (unpaired) electrons. The lowest BCUT2D eigenvalue weighted by Crippen LogP contribution is -2.51. The van der Waals surface area contributed by atoms with E-state index in [1.165, 1.54) is 11.3 Å². The number of piperidine rings is 1. The third-order valence-corrected chi connectivity index (χ3v) is 6.62. The number of hydrogen-bond donors (Lipinski definition) is 0. The zero-order valence-corrected chi connectivity index (χ0v) is 17.0. The highest BCUT2D eigenvalue weighted by Gasteiger charge is 2.39. The van der Waals surface area contributed by atoms with Gasteiger partial charge >= 0.3 is 0 Å². The summed E-state index contributed by atoms with van der Waals surface area (Å²) in [4.78, 5) is 44.5. The number of thiophene rings is 1. The summed E-state index contributed by atoms with van der Waals surface area (Å²) in [5.74, 6) is 0.238. The predicted octanol–water partition coefficient (Wildman–Crippen LogP) is 2.46. The topological polar surface area (TPSA) is 60.9 Å². The van der Waals surface area contributed by atoms with Crippen LogP contribution in [0.5, 0.6) is 0 Å². The Labute approximate surface area is 165 Å². The van der Waals surface area contributed by atoms with Crippen molar-refractivity contribution >= 4 is 29.1 Å². The van der Waals surface area contributed by atoms with Gasteiger partial charge in [0.2, 0.25) is 11.8 Å². The largest absolute Gasteiger partial charge is 0.343 e. The molecule has 3 amide bonds. The van der Waals surface area contributed by atoms with E-state index in [1.807, 2.05) is 41.2 Å². The van der Waals surface area contributed by atoms with Crippen molar-refractivity contribution in [3.8, 4) is 0 Å². The van der Waals surface area contributed by atoms with Crippen LogP contribution in [0.3, 0.4) is 0 Å². The van der Waals surface area contributed by atoms with E-state index in [2.05, 4.69) is 0 Å². The second kappa shape index (κ2) is 8.87. The maximum atomic E-state index is 13.0. The number of likely N-dealkylation sites (tertiary alicyclic amines) is 2. The first-order valence-electron chi connectivity index (χ1n) is 9.98. The van der Waals surface area contributed by atoms with Crippen LogP contribution in [0.15, 0.2) is 17.5 Å². The SMILES string of the molecule is CCN(CC)C(=O)C1CCN(C(=O)[C@@H]2CCCN2C(=O)c2cccs2)CC1. The first-order chi connectivity index (χ1) is 13.1. The lowest BCUT2D eigenvalue weighted by Gasteiger charge is -2.36. The maximum absolute atomic E-state index is 13.0. The maximum Gasteiger partial charge on any atom is 0.264 e. The van der Waals surface area contributed by atoms with Gasteiger partial charge in [0, 0.05) is 38.6 Å². The number of nitrogens with zero attached hydrogens (tertiary/aromatic N) is 3. The summed E-state index contributed by atoms with van der Waals surface area (Å²) in [5, 5.41) is 1.89. The van der Waals surface area contributed by atoms with Gasteiger partial charge in [-0.05, 0) is 51.0 Å². The van der Waals surface area contributed by atoms with Gasteiger partial charge in [0.05, 0.1) is 4.88 Å². The van der Waals surface area contributed by atoms with E-state index in [-0.39, 0.29) is 29.7 Å². The standard InChI is InChI=1S/C20H29N3O3S/c1-3-21(4-2)18(24)15-9-12-22(13-10-15)19(25)16-7-5-11-23(16)20(26)17-8-6-14-27-17/h6,8,14-16H,3-5,7,9-13H2,1-2H3/t16-/m0/s1. The smallest absolute Gasteiger partial charge is 0.264 e. The van der Waals surface area contributed by atoms with Crippen molar-refractivity contribution in [2.24, 2.45) is 5.92 Å². The van der Waals surface area contributed by atoms with Crippen LogP contribution < -0.4 is 0 Å². The van der Waals surface area contributed by atoms with Crippen molar-refractivity contribution in [2.75, 3.05) is 32.7 Å². The molecular weight excluding hydrogens is 362 g/mol. The second-order valence-corrected chi connectivity index (χ2v) is 8.19. The number of hydrogen-bond acceptors (Lipinski definition) is 4. The zero-order valence-electron chi connectivity index (χ0n) is 16.2. The Bertz CT molecular complexity index is 664. The van der Waals surface area contributed by atoms with Crippen LogP contribution in [0.2, 0.25) is 0 Å². The van der Waals surface area contributed by atoms with Crippen molar-refractivity contribution in [1.82, 2.24) is 14.7 Å². The van der Waals surface area contributed by atoms with E-state index in [9.17, 15) is 14.4 Å². The molecular formula is C20H29N3O3S. The van der Waals surface area contributed by atoms with Crippen LogP contribution in [0.25, 0.3) is 0 Å². The average molecular weight is 392 g/mol. The normalized spacial score (nSPS) is 20.7. The highest BCUT2D eigenvalue weighted by Crippen LogP contribution is 2.26. The third-order valence-electron chi connectivity index (χ3n) is 5.76. The van der Waals surface area contributed by atoms with Gasteiger partial charge in [-0.3, -0.25) is 14.4 Å². The van der Waals surface area contributed by atoms with E-state index >= 15 is 0 Å². The van der Waals surface area contributed by atoms with Crippen LogP contribution >= 0.6 is 11.3 Å². The Morgan fingerprint density at radius 3 is 2.41 bits per heavy atom. The van der Waals surface area contributed by atoms with E-state index in [4.69, 9.17) is 0 Å². The molecule has 7 heteroatoms. The second-order valence-electron chi connectivity index (χ2n) is 7.24. The van der Waals surface area contributed by atoms with Crippen LogP contribution in [0, 0.1) is 5.92 Å². The van der Waals surface area contributed by atoms with Crippen LogP contribution in [0.4, 0.5) is 0 Å². The molecule has 3 rings (SSSR count). The van der Waals surface area contributed by atoms with E-state index < -0.39 is 0 Å². The van der Waals surface area contributed by atoms with E-state index in [0.29, 0.717) is 37.4 Å². The molecule has 0 aromatic carbocycles. The van der Waals surface area contributed by atoms with Gasteiger partial charge in [0.1, 0.15) is 6.04 Å². The first kappa shape index (κ1) is 19.9. The highest BCUT2D eigenvalue weighted by atomic mass is 32.1. The molecule has 0 bridgehead atoms. The van der Waals surface area contributed by atoms with Gasteiger partial charge in [0.15, 0.2) is 0 Å². The monoisotopic (exact) mass is 391 g/mol. The molecule has 2 aliphatic heterocycles. The van der Waals surface area contributed by atoms with Crippen LogP contribution in [-0.2, 0) is 9.59 Å². The fraction of sp³-hybridized carbons (Fsp3) is 0.650. The Hall–Kier alpha value is -1.89. The molecule has 1 aromatic heterocycles. The number of amides is 3. The fourth-order valence-electron chi connectivity index (χ4n) is 4.16. The Morgan fingerprint density at radius 1 is 1.11 bits per heavy atom. The van der Waals surface area contributed by atoms with Gasteiger partial charge in [-0.2, -0.15) is 0 Å². The molecule has 148 valence electrons. The molecule has 2 aliphatic rings. The first-order valence-corrected chi connectivity index (χ1v) is 10.9. The van der Waals surface area contributed by atoms with Crippen molar-refractivity contribution in [3.05, 3.63) is 22.4 Å². The fourth-order valence-corrected chi connectivity index (χ4v) is 4.84. The molecule has 1 aromatic rings. The molecule has 1 atom stereocenters. The molecule has 2 fully saturated rings. The summed E-state index contributed by atoms with van der Waals surface area (Å²) in [6.45, 7) is 7.32. The van der Waals surface area contributed by atoms with E-state index in [1.54, 1.807) is 4.90 Å². The Balaban J connectivity index is 1.58. The molecule has 0 unspecified atom stereocenters. The van der Waals surface area contributed by atoms with Gasteiger partial charge in [-0.1, -0.05) is 6.07 Å². The molecule has 27 heavy (non-hydrogen) atoms. The van der Waals surface area contributed by atoms with Crippen molar-refractivity contribution in [3.63, 3.8) is 0 Å². The molecule has 0 spiro atoms. The van der Waals surface area contributed by atoms with Crippen molar-refractivity contribution in [2.45, 2.75) is 45.6 Å². The summed E-state index contributed by atoms with van der Waals surface area (Å²) in [6, 6.07) is 3.33. The molecule has 0 N–H and O–H groups in total. The van der Waals surface area contributed by atoms with E-state index in [0.717, 1.165) is 25.9 Å². The summed E-state index contributed by atoms with van der Waals surface area (Å²) < 4.78 is 0. The lowest BCUT2D eigenvalue weighted by molar-refractivity contribution is -0.142. The zero-order chi connectivity index (χ0) is 19.4. The Kier molecular flexibility index (Phi) is 6.52. The molecule has 3 heterocycles. The molecule has 2 saturated heterocycles. The minimum Gasteiger partial charge on any atom is -0.343 e. The third kappa shape index (κ3) is 4.18. The van der Waals surface area contributed by atoms with Crippen LogP contribution in [-0.4, -0.2) is 71.2 Å². The highest BCUT2D eigenvalue weighted by molar-refractivity contribution is 7.12. The van der Waals surface area contributed by atoms with Crippen LogP contribution in [0.1, 0.15) is 49.2 Å². The number of carbonyl (C=O) groups is 3. The average Bonchev–Trinajstić information content (AvgIpc) is 3.40. The van der Waals surface area contributed by atoms with Crippen molar-refractivity contribution in [1.29, 1.82) is 0 Å². The predicted molar refractivity (Wildman–Crippen MR) is 106 cm³/mol. The quantitative estimate of drug-likeness (QED) is 0.775. The van der Waals surface area contributed by atoms with Gasteiger partial charge in [-0.25, -0.2) is 0 Å². The van der Waals surface area contributed by atoms with Crippen molar-refractivity contribution < 1.29 is 14.4 Å². The lowest BCUT2D eigenvalue weighted by atomic mass is 9.94. The van der Waals surface area contributed by atoms with Gasteiger partial charge < -0.3 is 14.7 Å². The summed E-state index contributed by atoms with van der Waals surface area (Å²) in [6.07, 6.45) is 3.03. The number of carbonyl (C=O) groups excluding carboxylic acids is 3. The minimum absolute atomic E-state index is 0.0152. The summed E-state index contributed by atoms with van der Waals surface area (Å²) in [7, 11) is 0. The van der Waals surface area contributed by atoms with Gasteiger partial charge in [-0.15, -0.1) is 11.3 Å². The molecule has 0 aliphatic carbocycles.